The van der Waals surface area contributed by atoms with Crippen LogP contribution in [0.4, 0.5) is 10.6 Å². The third-order valence-electron chi connectivity index (χ3n) is 1.38. The molecule has 0 saturated heterocycles. The molecule has 84 valence electrons. The topological polar surface area (TPSA) is 51.2 Å². The zero-order chi connectivity index (χ0) is 11.5. The van der Waals surface area contributed by atoms with Crippen molar-refractivity contribution in [3.63, 3.8) is 0 Å². The maximum absolute atomic E-state index is 11.4. The highest BCUT2D eigenvalue weighted by Crippen LogP contribution is 2.26. The predicted octanol–water partition coefficient (Wildman–Crippen LogP) is 3.21. The zero-order valence-corrected chi connectivity index (χ0v) is 10.8. The van der Waals surface area contributed by atoms with Gasteiger partial charge in [-0.05, 0) is 38.6 Å². The monoisotopic (exact) mass is 246 g/mol. The molecule has 1 N–H and O–H groups in total. The Morgan fingerprint density at radius 1 is 1.60 bits per heavy atom. The molecule has 0 aliphatic heterocycles. The van der Waals surface area contributed by atoms with Crippen molar-refractivity contribution in [3.05, 3.63) is 5.38 Å². The summed E-state index contributed by atoms with van der Waals surface area (Å²) in [5, 5.41) is 4.50. The molecule has 4 nitrogen and oxygen atoms in total. The summed E-state index contributed by atoms with van der Waals surface area (Å²) in [6.45, 7) is 5.47. The van der Waals surface area contributed by atoms with Gasteiger partial charge in [0.05, 0.1) is 4.90 Å². The standard InChI is InChI=1S/C9H14N2O2S2/c1-9(2,3)13-8(12)10-7-6(14-4)5-15-11-7/h5H,1-4H3,(H,10,11,12). The SMILES string of the molecule is CSc1csnc1NC(=O)OC(C)(C)C. The first kappa shape index (κ1) is 12.3. The summed E-state index contributed by atoms with van der Waals surface area (Å²) in [7, 11) is 0. The first-order valence-corrected chi connectivity index (χ1v) is 6.47. The Labute approximate surface area is 97.6 Å². The van der Waals surface area contributed by atoms with E-state index in [4.69, 9.17) is 4.74 Å². The van der Waals surface area contributed by atoms with E-state index in [-0.39, 0.29) is 0 Å². The Morgan fingerprint density at radius 3 is 2.80 bits per heavy atom. The van der Waals surface area contributed by atoms with Gasteiger partial charge in [0.25, 0.3) is 0 Å². The first-order valence-electron chi connectivity index (χ1n) is 4.41. The first-order chi connectivity index (χ1) is 6.92. The summed E-state index contributed by atoms with van der Waals surface area (Å²) in [6, 6.07) is 0. The summed E-state index contributed by atoms with van der Waals surface area (Å²) in [4.78, 5) is 12.4. The third kappa shape index (κ3) is 4.09. The maximum atomic E-state index is 11.4. The zero-order valence-electron chi connectivity index (χ0n) is 9.16. The van der Waals surface area contributed by atoms with Gasteiger partial charge in [-0.3, -0.25) is 5.32 Å². The summed E-state index contributed by atoms with van der Waals surface area (Å²) in [5.41, 5.74) is -0.486. The van der Waals surface area contributed by atoms with Gasteiger partial charge in [-0.1, -0.05) is 0 Å². The van der Waals surface area contributed by atoms with Crippen LogP contribution in [0.25, 0.3) is 0 Å². The number of anilines is 1. The van der Waals surface area contributed by atoms with Gasteiger partial charge in [0, 0.05) is 5.38 Å². The average Bonchev–Trinajstić information content (AvgIpc) is 2.48. The number of nitrogens with one attached hydrogen (secondary N) is 1. The second kappa shape index (κ2) is 4.85. The minimum atomic E-state index is -0.486. The van der Waals surface area contributed by atoms with Crippen LogP contribution in [0.3, 0.4) is 0 Å². The van der Waals surface area contributed by atoms with Gasteiger partial charge in [-0.2, -0.15) is 4.37 Å². The van der Waals surface area contributed by atoms with Crippen molar-refractivity contribution in [2.24, 2.45) is 0 Å². The Balaban J connectivity index is 2.59. The highest BCUT2D eigenvalue weighted by molar-refractivity contribution is 7.98. The van der Waals surface area contributed by atoms with Crippen LogP contribution in [0.2, 0.25) is 0 Å². The summed E-state index contributed by atoms with van der Waals surface area (Å²) in [5.74, 6) is 0.571. The normalized spacial score (nSPS) is 11.2. The van der Waals surface area contributed by atoms with Gasteiger partial charge < -0.3 is 4.74 Å². The van der Waals surface area contributed by atoms with Crippen molar-refractivity contribution in [2.45, 2.75) is 31.3 Å². The molecule has 1 rings (SSSR count). The molecule has 0 radical (unpaired) electrons. The highest BCUT2D eigenvalue weighted by atomic mass is 32.2. The lowest BCUT2D eigenvalue weighted by atomic mass is 10.2. The van der Waals surface area contributed by atoms with E-state index in [1.54, 1.807) is 0 Å². The second-order valence-electron chi connectivity index (χ2n) is 3.86. The minimum Gasteiger partial charge on any atom is -0.444 e. The Morgan fingerprint density at radius 2 is 2.27 bits per heavy atom. The molecule has 15 heavy (non-hydrogen) atoms. The molecule has 1 aromatic rings. The van der Waals surface area contributed by atoms with E-state index in [0.717, 1.165) is 4.90 Å². The van der Waals surface area contributed by atoms with Crippen LogP contribution >= 0.6 is 23.3 Å². The van der Waals surface area contributed by atoms with Gasteiger partial charge in [-0.25, -0.2) is 4.79 Å². The fourth-order valence-corrected chi connectivity index (χ4v) is 2.23. The highest BCUT2D eigenvalue weighted by Gasteiger charge is 2.17. The van der Waals surface area contributed by atoms with Crippen molar-refractivity contribution in [3.8, 4) is 0 Å². The molecule has 1 heterocycles. The lowest BCUT2D eigenvalue weighted by molar-refractivity contribution is 0.0635. The summed E-state index contributed by atoms with van der Waals surface area (Å²) in [6.07, 6.45) is 1.47. The van der Waals surface area contributed by atoms with E-state index in [2.05, 4.69) is 9.69 Å². The lowest BCUT2D eigenvalue weighted by Crippen LogP contribution is -2.27. The van der Waals surface area contributed by atoms with E-state index in [1.165, 1.54) is 23.3 Å². The van der Waals surface area contributed by atoms with Crippen molar-refractivity contribution < 1.29 is 9.53 Å². The van der Waals surface area contributed by atoms with Crippen molar-refractivity contribution >= 4 is 35.2 Å². The van der Waals surface area contributed by atoms with Crippen molar-refractivity contribution in [2.75, 3.05) is 11.6 Å². The molecule has 0 aliphatic carbocycles. The molecule has 0 aromatic carbocycles. The van der Waals surface area contributed by atoms with Crippen LogP contribution < -0.4 is 5.32 Å². The summed E-state index contributed by atoms with van der Waals surface area (Å²) >= 11 is 2.85. The number of carbonyl (C=O) groups excluding carboxylic acids is 1. The fraction of sp³-hybridized carbons (Fsp3) is 0.556. The molecule has 0 bridgehead atoms. The Kier molecular flexibility index (Phi) is 3.98. The number of aromatic nitrogens is 1. The van der Waals surface area contributed by atoms with E-state index >= 15 is 0 Å². The van der Waals surface area contributed by atoms with Crippen LogP contribution in [-0.4, -0.2) is 22.3 Å². The van der Waals surface area contributed by atoms with Gasteiger partial charge >= 0.3 is 6.09 Å². The Bertz CT molecular complexity index is 344. The molecular formula is C9H14N2O2S2. The number of amides is 1. The number of hydrogen-bond donors (Lipinski definition) is 1. The van der Waals surface area contributed by atoms with E-state index in [0.29, 0.717) is 5.82 Å². The van der Waals surface area contributed by atoms with Gasteiger partial charge in [0.15, 0.2) is 5.82 Å². The molecular weight excluding hydrogens is 232 g/mol. The molecule has 0 aliphatic rings. The van der Waals surface area contributed by atoms with Crippen LogP contribution in [-0.2, 0) is 4.74 Å². The van der Waals surface area contributed by atoms with Crippen molar-refractivity contribution in [1.29, 1.82) is 0 Å². The second-order valence-corrected chi connectivity index (χ2v) is 5.34. The molecule has 0 atom stereocenters. The van der Waals surface area contributed by atoms with E-state index < -0.39 is 11.7 Å². The molecule has 1 aromatic heterocycles. The van der Waals surface area contributed by atoms with Crippen LogP contribution in [0.1, 0.15) is 20.8 Å². The number of rotatable bonds is 2. The fourth-order valence-electron chi connectivity index (χ4n) is 0.857. The largest absolute Gasteiger partial charge is 0.444 e. The Hall–Kier alpha value is -0.750. The maximum Gasteiger partial charge on any atom is 0.413 e. The van der Waals surface area contributed by atoms with Crippen LogP contribution in [0.15, 0.2) is 10.3 Å². The minimum absolute atomic E-state index is 0.469. The predicted molar refractivity (Wildman–Crippen MR) is 63.8 cm³/mol. The molecule has 0 fully saturated rings. The van der Waals surface area contributed by atoms with Crippen LogP contribution in [0.5, 0.6) is 0 Å². The van der Waals surface area contributed by atoms with E-state index in [9.17, 15) is 4.79 Å². The number of hydrogen-bond acceptors (Lipinski definition) is 5. The number of ether oxygens (including phenoxy) is 1. The summed E-state index contributed by atoms with van der Waals surface area (Å²) < 4.78 is 9.18. The van der Waals surface area contributed by atoms with Gasteiger partial charge in [0.1, 0.15) is 5.60 Å². The number of thioether (sulfide) groups is 1. The van der Waals surface area contributed by atoms with Gasteiger partial charge in [0.2, 0.25) is 0 Å². The van der Waals surface area contributed by atoms with Gasteiger partial charge in [-0.15, -0.1) is 11.8 Å². The average molecular weight is 246 g/mol. The third-order valence-corrected chi connectivity index (χ3v) is 2.91. The molecule has 1 amide bonds. The van der Waals surface area contributed by atoms with E-state index in [1.807, 2.05) is 32.4 Å². The number of nitrogens with zero attached hydrogens (tertiary/aromatic N) is 1. The lowest BCUT2D eigenvalue weighted by Gasteiger charge is -2.19. The molecule has 6 heteroatoms. The van der Waals surface area contributed by atoms with Crippen molar-refractivity contribution in [1.82, 2.24) is 4.37 Å². The number of carbonyl (C=O) groups is 1. The van der Waals surface area contributed by atoms with Crippen LogP contribution in [0, 0.1) is 0 Å². The quantitative estimate of drug-likeness (QED) is 0.814. The molecule has 0 unspecified atom stereocenters. The molecule has 0 spiro atoms. The molecule has 0 saturated carbocycles. The smallest absolute Gasteiger partial charge is 0.413 e.